The summed E-state index contributed by atoms with van der Waals surface area (Å²) in [6.07, 6.45) is 2.65. The highest BCUT2D eigenvalue weighted by Gasteiger charge is 2.32. The predicted octanol–water partition coefficient (Wildman–Crippen LogP) is 1.62. The Morgan fingerprint density at radius 2 is 1.71 bits per heavy atom. The summed E-state index contributed by atoms with van der Waals surface area (Å²) in [4.78, 5) is 17.0. The quantitative estimate of drug-likeness (QED) is 0.845. The van der Waals surface area contributed by atoms with Gasteiger partial charge in [0.1, 0.15) is 0 Å². The number of hydrogen-bond donors (Lipinski definition) is 0. The van der Waals surface area contributed by atoms with Gasteiger partial charge in [-0.2, -0.15) is 0 Å². The Labute approximate surface area is 125 Å². The van der Waals surface area contributed by atoms with Gasteiger partial charge >= 0.3 is 0 Å². The molecule has 1 heterocycles. The van der Waals surface area contributed by atoms with Crippen molar-refractivity contribution >= 4 is 5.91 Å². The van der Waals surface area contributed by atoms with E-state index >= 15 is 0 Å². The highest BCUT2D eigenvalue weighted by Crippen LogP contribution is 2.29. The van der Waals surface area contributed by atoms with E-state index in [2.05, 4.69) is 4.90 Å². The lowest BCUT2D eigenvalue weighted by Crippen LogP contribution is -2.49. The molecule has 21 heavy (non-hydrogen) atoms. The van der Waals surface area contributed by atoms with Crippen LogP contribution in [0, 0.1) is 0 Å². The van der Waals surface area contributed by atoms with Crippen molar-refractivity contribution in [2.45, 2.75) is 18.9 Å². The molecule has 2 aliphatic rings. The van der Waals surface area contributed by atoms with Crippen LogP contribution in [0.25, 0.3) is 0 Å². The normalized spacial score (nSPS) is 19.4. The first-order valence-electron chi connectivity index (χ1n) is 7.48. The van der Waals surface area contributed by atoms with Crippen LogP contribution in [0.15, 0.2) is 18.2 Å². The Morgan fingerprint density at radius 1 is 1.05 bits per heavy atom. The second kappa shape index (κ2) is 5.93. The molecule has 5 nitrogen and oxygen atoms in total. The molecule has 0 bridgehead atoms. The maximum absolute atomic E-state index is 12.6. The lowest BCUT2D eigenvalue weighted by atomic mass is 10.1. The van der Waals surface area contributed by atoms with Crippen molar-refractivity contribution in [3.8, 4) is 11.5 Å². The molecule has 1 aromatic carbocycles. The van der Waals surface area contributed by atoms with Crippen LogP contribution in [0.5, 0.6) is 11.5 Å². The van der Waals surface area contributed by atoms with Gasteiger partial charge in [-0.05, 0) is 31.0 Å². The molecule has 1 amide bonds. The van der Waals surface area contributed by atoms with E-state index in [9.17, 15) is 4.79 Å². The average Bonchev–Trinajstić information content (AvgIpc) is 3.38. The first-order chi connectivity index (χ1) is 10.2. The van der Waals surface area contributed by atoms with Gasteiger partial charge in [0.05, 0.1) is 14.2 Å². The minimum Gasteiger partial charge on any atom is -0.493 e. The number of benzene rings is 1. The van der Waals surface area contributed by atoms with Crippen LogP contribution in [0.3, 0.4) is 0 Å². The number of carbonyl (C=O) groups is 1. The van der Waals surface area contributed by atoms with Gasteiger partial charge < -0.3 is 14.4 Å². The lowest BCUT2D eigenvalue weighted by Gasteiger charge is -2.34. The van der Waals surface area contributed by atoms with Crippen LogP contribution >= 0.6 is 0 Å². The zero-order chi connectivity index (χ0) is 14.8. The van der Waals surface area contributed by atoms with E-state index in [0.717, 1.165) is 32.2 Å². The van der Waals surface area contributed by atoms with Crippen molar-refractivity contribution in [1.82, 2.24) is 9.80 Å². The standard InChI is InChI=1S/C16H22N2O3/c1-20-14-6-3-12(11-15(14)21-2)16(19)18-9-7-17(8-10-18)13-4-5-13/h3,6,11,13H,4-5,7-10H2,1-2H3. The fraction of sp³-hybridized carbons (Fsp3) is 0.562. The molecule has 5 heteroatoms. The van der Waals surface area contributed by atoms with Crippen molar-refractivity contribution in [2.75, 3.05) is 40.4 Å². The molecule has 0 atom stereocenters. The van der Waals surface area contributed by atoms with Crippen molar-refractivity contribution in [2.24, 2.45) is 0 Å². The molecule has 1 saturated carbocycles. The largest absolute Gasteiger partial charge is 0.493 e. The summed E-state index contributed by atoms with van der Waals surface area (Å²) in [5, 5.41) is 0. The Balaban J connectivity index is 1.67. The molecule has 1 saturated heterocycles. The SMILES string of the molecule is COc1ccc(C(=O)N2CCN(C3CC3)CC2)cc1OC. The van der Waals surface area contributed by atoms with Crippen molar-refractivity contribution in [3.05, 3.63) is 23.8 Å². The molecule has 2 fully saturated rings. The number of carbonyl (C=O) groups excluding carboxylic acids is 1. The first kappa shape index (κ1) is 14.2. The van der Waals surface area contributed by atoms with Crippen molar-refractivity contribution in [3.63, 3.8) is 0 Å². The molecule has 3 rings (SSSR count). The number of methoxy groups -OCH3 is 2. The van der Waals surface area contributed by atoms with Crippen LogP contribution in [-0.4, -0.2) is 62.1 Å². The predicted molar refractivity (Wildman–Crippen MR) is 80.0 cm³/mol. The molecule has 114 valence electrons. The Kier molecular flexibility index (Phi) is 4.01. The molecule has 1 aromatic rings. The number of rotatable bonds is 4. The summed E-state index contributed by atoms with van der Waals surface area (Å²) in [5.41, 5.74) is 0.660. The summed E-state index contributed by atoms with van der Waals surface area (Å²) in [5.74, 6) is 1.32. The monoisotopic (exact) mass is 290 g/mol. The van der Waals surface area contributed by atoms with Gasteiger partial charge in [-0.3, -0.25) is 9.69 Å². The van der Waals surface area contributed by atoms with Crippen LogP contribution < -0.4 is 9.47 Å². The summed E-state index contributed by atoms with van der Waals surface area (Å²) in [7, 11) is 3.18. The van der Waals surface area contributed by atoms with Gasteiger partial charge in [0.15, 0.2) is 11.5 Å². The summed E-state index contributed by atoms with van der Waals surface area (Å²) in [6.45, 7) is 3.60. The highest BCUT2D eigenvalue weighted by molar-refractivity contribution is 5.95. The molecule has 1 aliphatic carbocycles. The zero-order valence-corrected chi connectivity index (χ0v) is 12.7. The van der Waals surface area contributed by atoms with Gasteiger partial charge in [-0.1, -0.05) is 0 Å². The van der Waals surface area contributed by atoms with Crippen LogP contribution in [0.1, 0.15) is 23.2 Å². The fourth-order valence-electron chi connectivity index (χ4n) is 2.88. The second-order valence-electron chi connectivity index (χ2n) is 5.63. The number of amides is 1. The van der Waals surface area contributed by atoms with E-state index in [1.54, 1.807) is 32.4 Å². The van der Waals surface area contributed by atoms with Gasteiger partial charge in [-0.15, -0.1) is 0 Å². The maximum Gasteiger partial charge on any atom is 0.254 e. The van der Waals surface area contributed by atoms with Crippen LogP contribution in [0.2, 0.25) is 0 Å². The third kappa shape index (κ3) is 2.97. The third-order valence-corrected chi connectivity index (χ3v) is 4.30. The molecule has 1 aliphatic heterocycles. The zero-order valence-electron chi connectivity index (χ0n) is 12.7. The van der Waals surface area contributed by atoms with E-state index < -0.39 is 0 Å². The number of ether oxygens (including phenoxy) is 2. The van der Waals surface area contributed by atoms with E-state index in [1.165, 1.54) is 12.8 Å². The van der Waals surface area contributed by atoms with Gasteiger partial charge in [0, 0.05) is 37.8 Å². The molecule has 0 aromatic heterocycles. The lowest BCUT2D eigenvalue weighted by molar-refractivity contribution is 0.0627. The Hall–Kier alpha value is -1.75. The minimum absolute atomic E-state index is 0.0754. The van der Waals surface area contributed by atoms with Crippen molar-refractivity contribution < 1.29 is 14.3 Å². The maximum atomic E-state index is 12.6. The van der Waals surface area contributed by atoms with Gasteiger partial charge in [0.2, 0.25) is 0 Å². The van der Waals surface area contributed by atoms with Gasteiger partial charge in [-0.25, -0.2) is 0 Å². The Morgan fingerprint density at radius 3 is 2.29 bits per heavy atom. The van der Waals surface area contributed by atoms with Gasteiger partial charge in [0.25, 0.3) is 5.91 Å². The summed E-state index contributed by atoms with van der Waals surface area (Å²) in [6, 6.07) is 6.13. The van der Waals surface area contributed by atoms with E-state index in [-0.39, 0.29) is 5.91 Å². The summed E-state index contributed by atoms with van der Waals surface area (Å²) >= 11 is 0. The topological polar surface area (TPSA) is 42.0 Å². The first-order valence-corrected chi connectivity index (χ1v) is 7.48. The van der Waals surface area contributed by atoms with E-state index in [0.29, 0.717) is 17.1 Å². The molecular formula is C16H22N2O3. The van der Waals surface area contributed by atoms with Crippen LogP contribution in [0.4, 0.5) is 0 Å². The molecular weight excluding hydrogens is 268 g/mol. The minimum atomic E-state index is 0.0754. The average molecular weight is 290 g/mol. The fourth-order valence-corrected chi connectivity index (χ4v) is 2.88. The number of nitrogens with zero attached hydrogens (tertiary/aromatic N) is 2. The highest BCUT2D eigenvalue weighted by atomic mass is 16.5. The number of hydrogen-bond acceptors (Lipinski definition) is 4. The smallest absolute Gasteiger partial charge is 0.254 e. The van der Waals surface area contributed by atoms with Crippen molar-refractivity contribution in [1.29, 1.82) is 0 Å². The molecule has 0 N–H and O–H groups in total. The molecule has 0 unspecified atom stereocenters. The molecule has 0 radical (unpaired) electrons. The van der Waals surface area contributed by atoms with E-state index in [1.807, 2.05) is 4.90 Å². The summed E-state index contributed by atoms with van der Waals surface area (Å²) < 4.78 is 10.5. The van der Waals surface area contributed by atoms with E-state index in [4.69, 9.17) is 9.47 Å². The third-order valence-electron chi connectivity index (χ3n) is 4.30. The number of piperazine rings is 1. The second-order valence-corrected chi connectivity index (χ2v) is 5.63. The van der Waals surface area contributed by atoms with Crippen LogP contribution in [-0.2, 0) is 0 Å². The Bertz CT molecular complexity index is 520. The molecule has 0 spiro atoms.